The molecule has 0 radical (unpaired) electrons. The third kappa shape index (κ3) is 2.39. The van der Waals surface area contributed by atoms with E-state index in [1.165, 1.54) is 13.3 Å². The van der Waals surface area contributed by atoms with Crippen LogP contribution in [0.25, 0.3) is 11.1 Å². The second kappa shape index (κ2) is 4.61. The molecule has 0 aromatic carbocycles. The molecule has 0 amide bonds. The number of carboxylic acids is 1. The molecule has 0 atom stereocenters. The standard InChI is InChI=1S/C12H10N2O3/c1-17-11-3-2-8(7-14-11)9-4-10(12(15)16)6-13-5-9/h2-7H,1H3,(H,15,16). The Morgan fingerprint density at radius 2 is 2.06 bits per heavy atom. The zero-order valence-electron chi connectivity index (χ0n) is 9.12. The summed E-state index contributed by atoms with van der Waals surface area (Å²) in [6, 6.07) is 5.07. The number of carbonyl (C=O) groups is 1. The molecular formula is C12H10N2O3. The van der Waals surface area contributed by atoms with Gasteiger partial charge in [0.25, 0.3) is 0 Å². The van der Waals surface area contributed by atoms with Crippen LogP contribution in [0.2, 0.25) is 0 Å². The molecule has 0 unspecified atom stereocenters. The van der Waals surface area contributed by atoms with Gasteiger partial charge in [0, 0.05) is 35.8 Å². The van der Waals surface area contributed by atoms with Gasteiger partial charge in [-0.2, -0.15) is 0 Å². The van der Waals surface area contributed by atoms with Crippen LogP contribution in [0.3, 0.4) is 0 Å². The highest BCUT2D eigenvalue weighted by atomic mass is 16.5. The van der Waals surface area contributed by atoms with E-state index in [1.807, 2.05) is 0 Å². The van der Waals surface area contributed by atoms with Crippen molar-refractivity contribution in [1.29, 1.82) is 0 Å². The fraction of sp³-hybridized carbons (Fsp3) is 0.0833. The van der Waals surface area contributed by atoms with Crippen molar-refractivity contribution in [2.75, 3.05) is 7.11 Å². The number of hydrogen-bond acceptors (Lipinski definition) is 4. The molecule has 5 nitrogen and oxygen atoms in total. The molecule has 1 N–H and O–H groups in total. The summed E-state index contributed by atoms with van der Waals surface area (Å²) >= 11 is 0. The molecule has 0 saturated heterocycles. The number of nitrogens with zero attached hydrogens (tertiary/aromatic N) is 2. The van der Waals surface area contributed by atoms with Gasteiger partial charge in [-0.05, 0) is 12.1 Å². The smallest absolute Gasteiger partial charge is 0.337 e. The normalized spacial score (nSPS) is 9.94. The van der Waals surface area contributed by atoms with Gasteiger partial charge in [-0.3, -0.25) is 4.98 Å². The highest BCUT2D eigenvalue weighted by molar-refractivity contribution is 5.88. The molecule has 0 aliphatic rings. The number of hydrogen-bond donors (Lipinski definition) is 1. The van der Waals surface area contributed by atoms with E-state index < -0.39 is 5.97 Å². The van der Waals surface area contributed by atoms with Crippen LogP contribution in [0.15, 0.2) is 36.8 Å². The molecule has 2 aromatic heterocycles. The molecule has 0 bridgehead atoms. The van der Waals surface area contributed by atoms with Crippen molar-refractivity contribution in [3.63, 3.8) is 0 Å². The van der Waals surface area contributed by atoms with E-state index in [4.69, 9.17) is 9.84 Å². The summed E-state index contributed by atoms with van der Waals surface area (Å²) in [5.41, 5.74) is 1.65. The maximum Gasteiger partial charge on any atom is 0.337 e. The van der Waals surface area contributed by atoms with Crippen molar-refractivity contribution in [3.05, 3.63) is 42.4 Å². The lowest BCUT2D eigenvalue weighted by molar-refractivity contribution is 0.0696. The molecule has 2 aromatic rings. The average Bonchev–Trinajstić information content (AvgIpc) is 2.39. The number of rotatable bonds is 3. The summed E-state index contributed by atoms with van der Waals surface area (Å²) in [4.78, 5) is 18.7. The summed E-state index contributed by atoms with van der Waals surface area (Å²) in [5.74, 6) is -0.489. The van der Waals surface area contributed by atoms with Crippen LogP contribution in [0.1, 0.15) is 10.4 Å². The Morgan fingerprint density at radius 1 is 1.24 bits per heavy atom. The minimum absolute atomic E-state index is 0.151. The van der Waals surface area contributed by atoms with Gasteiger partial charge >= 0.3 is 5.97 Å². The Labute approximate surface area is 97.7 Å². The third-order valence-electron chi connectivity index (χ3n) is 2.26. The lowest BCUT2D eigenvalue weighted by atomic mass is 10.1. The van der Waals surface area contributed by atoms with Crippen LogP contribution in [-0.2, 0) is 0 Å². The molecule has 17 heavy (non-hydrogen) atoms. The van der Waals surface area contributed by atoms with E-state index in [0.717, 1.165) is 5.56 Å². The topological polar surface area (TPSA) is 72.3 Å². The summed E-state index contributed by atoms with van der Waals surface area (Å²) < 4.78 is 4.95. The Balaban J connectivity index is 2.38. The van der Waals surface area contributed by atoms with Crippen molar-refractivity contribution >= 4 is 5.97 Å². The van der Waals surface area contributed by atoms with Gasteiger partial charge in [0.1, 0.15) is 0 Å². The summed E-state index contributed by atoms with van der Waals surface area (Å²) in [6.45, 7) is 0. The molecule has 0 fully saturated rings. The van der Waals surface area contributed by atoms with Gasteiger partial charge in [0.05, 0.1) is 12.7 Å². The van der Waals surface area contributed by atoms with E-state index >= 15 is 0 Å². The fourth-order valence-corrected chi connectivity index (χ4v) is 1.39. The van der Waals surface area contributed by atoms with Gasteiger partial charge in [0.15, 0.2) is 0 Å². The molecule has 2 heterocycles. The maximum atomic E-state index is 10.8. The van der Waals surface area contributed by atoms with Crippen molar-refractivity contribution in [2.24, 2.45) is 0 Å². The van der Waals surface area contributed by atoms with Crippen LogP contribution in [0.5, 0.6) is 5.88 Å². The van der Waals surface area contributed by atoms with E-state index in [-0.39, 0.29) is 5.56 Å². The van der Waals surface area contributed by atoms with Gasteiger partial charge in [-0.1, -0.05) is 0 Å². The molecular weight excluding hydrogens is 220 g/mol. The van der Waals surface area contributed by atoms with Crippen LogP contribution in [-0.4, -0.2) is 28.2 Å². The minimum atomic E-state index is -0.999. The largest absolute Gasteiger partial charge is 0.481 e. The first-order valence-corrected chi connectivity index (χ1v) is 4.89. The molecule has 0 saturated carbocycles. The van der Waals surface area contributed by atoms with E-state index in [1.54, 1.807) is 30.6 Å². The quantitative estimate of drug-likeness (QED) is 0.871. The number of carboxylic acid groups (broad SMARTS) is 1. The number of ether oxygens (including phenoxy) is 1. The van der Waals surface area contributed by atoms with Crippen molar-refractivity contribution < 1.29 is 14.6 Å². The summed E-state index contributed by atoms with van der Waals surface area (Å²) in [5, 5.41) is 8.86. The highest BCUT2D eigenvalue weighted by Gasteiger charge is 2.06. The lowest BCUT2D eigenvalue weighted by Crippen LogP contribution is -1.97. The Bertz CT molecular complexity index is 538. The van der Waals surface area contributed by atoms with Crippen molar-refractivity contribution in [2.45, 2.75) is 0 Å². The summed E-state index contributed by atoms with van der Waals surface area (Å²) in [7, 11) is 1.54. The van der Waals surface area contributed by atoms with Crippen LogP contribution in [0.4, 0.5) is 0 Å². The monoisotopic (exact) mass is 230 g/mol. The molecule has 0 aliphatic carbocycles. The van der Waals surface area contributed by atoms with Gasteiger partial charge < -0.3 is 9.84 Å². The van der Waals surface area contributed by atoms with Gasteiger partial charge in [-0.25, -0.2) is 9.78 Å². The molecule has 5 heteroatoms. The minimum Gasteiger partial charge on any atom is -0.481 e. The Hall–Kier alpha value is -2.43. The highest BCUT2D eigenvalue weighted by Crippen LogP contribution is 2.20. The lowest BCUT2D eigenvalue weighted by Gasteiger charge is -2.03. The number of pyridine rings is 2. The molecule has 0 aliphatic heterocycles. The fourth-order valence-electron chi connectivity index (χ4n) is 1.39. The first-order valence-electron chi connectivity index (χ1n) is 4.89. The predicted molar refractivity (Wildman–Crippen MR) is 61.0 cm³/mol. The zero-order chi connectivity index (χ0) is 12.3. The third-order valence-corrected chi connectivity index (χ3v) is 2.26. The number of methoxy groups -OCH3 is 1. The first-order chi connectivity index (χ1) is 8.20. The average molecular weight is 230 g/mol. The van der Waals surface area contributed by atoms with E-state index in [2.05, 4.69) is 9.97 Å². The van der Waals surface area contributed by atoms with E-state index in [9.17, 15) is 4.79 Å². The summed E-state index contributed by atoms with van der Waals surface area (Å²) in [6.07, 6.45) is 4.51. The van der Waals surface area contributed by atoms with Crippen LogP contribution < -0.4 is 4.74 Å². The van der Waals surface area contributed by atoms with Gasteiger partial charge in [0.2, 0.25) is 5.88 Å². The second-order valence-electron chi connectivity index (χ2n) is 3.36. The molecule has 0 spiro atoms. The molecule has 86 valence electrons. The van der Waals surface area contributed by atoms with Crippen molar-refractivity contribution in [3.8, 4) is 17.0 Å². The Morgan fingerprint density at radius 3 is 2.65 bits per heavy atom. The SMILES string of the molecule is COc1ccc(-c2cncc(C(=O)O)c2)cn1. The van der Waals surface area contributed by atoms with Crippen LogP contribution in [0, 0.1) is 0 Å². The van der Waals surface area contributed by atoms with Gasteiger partial charge in [-0.15, -0.1) is 0 Å². The Kier molecular flexibility index (Phi) is 3.00. The second-order valence-corrected chi connectivity index (χ2v) is 3.36. The van der Waals surface area contributed by atoms with E-state index in [0.29, 0.717) is 11.4 Å². The zero-order valence-corrected chi connectivity index (χ0v) is 9.12. The number of aromatic carboxylic acids is 1. The van der Waals surface area contributed by atoms with Crippen molar-refractivity contribution in [1.82, 2.24) is 9.97 Å². The number of aromatic nitrogens is 2. The molecule has 2 rings (SSSR count). The van der Waals surface area contributed by atoms with Crippen LogP contribution >= 0.6 is 0 Å². The maximum absolute atomic E-state index is 10.8. The first kappa shape index (κ1) is 11.1. The predicted octanol–water partition coefficient (Wildman–Crippen LogP) is 1.85.